The quantitative estimate of drug-likeness (QED) is 0.303. The number of amides is 2. The molecular formula is C25H24Cl2N2O4. The van der Waals surface area contributed by atoms with Crippen LogP contribution < -0.4 is 20.3 Å². The van der Waals surface area contributed by atoms with Gasteiger partial charge in [0.1, 0.15) is 11.5 Å². The molecule has 0 saturated carbocycles. The van der Waals surface area contributed by atoms with Crippen LogP contribution in [-0.2, 0) is 11.2 Å². The number of hydrazine groups is 1. The van der Waals surface area contributed by atoms with Gasteiger partial charge in [-0.05, 0) is 42.3 Å². The highest BCUT2D eigenvalue weighted by molar-refractivity contribution is 6.35. The topological polar surface area (TPSA) is 76.7 Å². The highest BCUT2D eigenvalue weighted by Crippen LogP contribution is 2.27. The van der Waals surface area contributed by atoms with E-state index in [0.717, 1.165) is 12.0 Å². The molecule has 0 spiro atoms. The first-order valence-electron chi connectivity index (χ1n) is 10.5. The molecule has 2 amide bonds. The van der Waals surface area contributed by atoms with Gasteiger partial charge in [0, 0.05) is 17.9 Å². The summed E-state index contributed by atoms with van der Waals surface area (Å²) in [6, 6.07) is 21.8. The van der Waals surface area contributed by atoms with Gasteiger partial charge in [-0.15, -0.1) is 0 Å². The molecule has 0 aliphatic heterocycles. The molecule has 2 N–H and O–H groups in total. The summed E-state index contributed by atoms with van der Waals surface area (Å²) in [5, 5.41) is 0.925. The third kappa shape index (κ3) is 8.00. The van der Waals surface area contributed by atoms with Crippen molar-refractivity contribution >= 4 is 35.0 Å². The molecule has 0 aliphatic carbocycles. The van der Waals surface area contributed by atoms with Gasteiger partial charge in [0.05, 0.1) is 23.8 Å². The number of rotatable bonds is 10. The number of halogens is 2. The molecule has 8 heteroatoms. The number of hydrogen-bond acceptors (Lipinski definition) is 4. The van der Waals surface area contributed by atoms with Crippen molar-refractivity contribution in [1.29, 1.82) is 0 Å². The van der Waals surface area contributed by atoms with Gasteiger partial charge in [-0.2, -0.15) is 0 Å². The van der Waals surface area contributed by atoms with Crippen LogP contribution in [0, 0.1) is 0 Å². The Labute approximate surface area is 202 Å². The zero-order valence-corrected chi connectivity index (χ0v) is 19.4. The standard InChI is InChI=1S/C25H24Cl2N2O4/c26-19-12-13-23(21(27)17-19)32-15-6-11-24(30)28-29-25(31)20-9-4-5-10-22(20)33-16-14-18-7-2-1-3-8-18/h1-5,7-10,12-13,17H,6,11,14-16H2,(H,28,30)(H,29,31). The third-order valence-corrected chi connectivity index (χ3v) is 5.17. The number of hydrogen-bond donors (Lipinski definition) is 2. The van der Waals surface area contributed by atoms with Crippen molar-refractivity contribution in [2.75, 3.05) is 13.2 Å². The molecule has 33 heavy (non-hydrogen) atoms. The van der Waals surface area contributed by atoms with E-state index in [-0.39, 0.29) is 12.3 Å². The fraction of sp³-hybridized carbons (Fsp3) is 0.200. The van der Waals surface area contributed by atoms with Crippen molar-refractivity contribution in [1.82, 2.24) is 10.9 Å². The van der Waals surface area contributed by atoms with Gasteiger partial charge in [0.25, 0.3) is 5.91 Å². The Kier molecular flexibility index (Phi) is 9.42. The summed E-state index contributed by atoms with van der Waals surface area (Å²) in [6.07, 6.45) is 1.33. The average molecular weight is 487 g/mol. The van der Waals surface area contributed by atoms with E-state index in [1.807, 2.05) is 30.3 Å². The van der Waals surface area contributed by atoms with Gasteiger partial charge in [-0.25, -0.2) is 0 Å². The number of para-hydroxylation sites is 1. The summed E-state index contributed by atoms with van der Waals surface area (Å²) in [7, 11) is 0. The molecule has 0 bridgehead atoms. The summed E-state index contributed by atoms with van der Waals surface area (Å²) in [5.41, 5.74) is 6.33. The van der Waals surface area contributed by atoms with Crippen LogP contribution in [0.2, 0.25) is 10.0 Å². The zero-order valence-electron chi connectivity index (χ0n) is 17.9. The smallest absolute Gasteiger partial charge is 0.273 e. The predicted octanol–water partition coefficient (Wildman–Crippen LogP) is 5.24. The minimum absolute atomic E-state index is 0.167. The summed E-state index contributed by atoms with van der Waals surface area (Å²) in [4.78, 5) is 24.6. The highest BCUT2D eigenvalue weighted by atomic mass is 35.5. The fourth-order valence-corrected chi connectivity index (χ4v) is 3.43. The lowest BCUT2D eigenvalue weighted by Gasteiger charge is -2.12. The Hall–Kier alpha value is -3.22. The maximum Gasteiger partial charge on any atom is 0.273 e. The number of benzene rings is 3. The van der Waals surface area contributed by atoms with Crippen molar-refractivity contribution in [2.24, 2.45) is 0 Å². The second-order valence-corrected chi connectivity index (χ2v) is 7.95. The summed E-state index contributed by atoms with van der Waals surface area (Å²) >= 11 is 11.9. The molecule has 0 atom stereocenters. The van der Waals surface area contributed by atoms with Gasteiger partial charge in [0.2, 0.25) is 5.91 Å². The molecule has 0 radical (unpaired) electrons. The lowest BCUT2D eigenvalue weighted by Crippen LogP contribution is -2.41. The van der Waals surface area contributed by atoms with Crippen LogP contribution in [-0.4, -0.2) is 25.0 Å². The maximum absolute atomic E-state index is 12.5. The first kappa shape index (κ1) is 24.4. The number of nitrogens with one attached hydrogen (secondary N) is 2. The molecule has 0 aromatic heterocycles. The Morgan fingerprint density at radius 2 is 1.52 bits per heavy atom. The van der Waals surface area contributed by atoms with Crippen LogP contribution >= 0.6 is 23.2 Å². The lowest BCUT2D eigenvalue weighted by atomic mass is 10.1. The van der Waals surface area contributed by atoms with E-state index in [2.05, 4.69) is 10.9 Å². The largest absolute Gasteiger partial charge is 0.492 e. The number of carbonyl (C=O) groups is 2. The molecule has 0 saturated heterocycles. The molecule has 3 aromatic rings. The van der Waals surface area contributed by atoms with Crippen molar-refractivity contribution in [2.45, 2.75) is 19.3 Å². The SMILES string of the molecule is O=C(CCCOc1ccc(Cl)cc1Cl)NNC(=O)c1ccccc1OCCc1ccccc1. The monoisotopic (exact) mass is 486 g/mol. The van der Waals surface area contributed by atoms with Gasteiger partial charge in [0.15, 0.2) is 0 Å². The third-order valence-electron chi connectivity index (χ3n) is 4.64. The van der Waals surface area contributed by atoms with E-state index < -0.39 is 5.91 Å². The minimum Gasteiger partial charge on any atom is -0.492 e. The van der Waals surface area contributed by atoms with Gasteiger partial charge in [-0.3, -0.25) is 20.4 Å². The van der Waals surface area contributed by atoms with E-state index in [0.29, 0.717) is 46.7 Å². The van der Waals surface area contributed by atoms with Crippen molar-refractivity contribution in [3.8, 4) is 11.5 Å². The molecule has 0 unspecified atom stereocenters. The van der Waals surface area contributed by atoms with Gasteiger partial charge < -0.3 is 9.47 Å². The summed E-state index contributed by atoms with van der Waals surface area (Å²) in [6.45, 7) is 0.721. The number of ether oxygens (including phenoxy) is 2. The Balaban J connectivity index is 1.40. The average Bonchev–Trinajstić information content (AvgIpc) is 2.82. The highest BCUT2D eigenvalue weighted by Gasteiger charge is 2.13. The normalized spacial score (nSPS) is 10.4. The molecule has 0 aliphatic rings. The summed E-state index contributed by atoms with van der Waals surface area (Å²) < 4.78 is 11.3. The van der Waals surface area contributed by atoms with Crippen molar-refractivity contribution < 1.29 is 19.1 Å². The van der Waals surface area contributed by atoms with Crippen LogP contribution in [0.1, 0.15) is 28.8 Å². The first-order chi connectivity index (χ1) is 16.0. The van der Waals surface area contributed by atoms with Crippen molar-refractivity contribution in [3.05, 3.63) is 94.0 Å². The number of carbonyl (C=O) groups excluding carboxylic acids is 2. The maximum atomic E-state index is 12.5. The first-order valence-corrected chi connectivity index (χ1v) is 11.2. The van der Waals surface area contributed by atoms with E-state index in [1.54, 1.807) is 42.5 Å². The van der Waals surface area contributed by atoms with Crippen LogP contribution in [0.3, 0.4) is 0 Å². The van der Waals surface area contributed by atoms with E-state index in [1.165, 1.54) is 0 Å². The molecule has 3 rings (SSSR count). The molecule has 172 valence electrons. The Morgan fingerprint density at radius 3 is 2.30 bits per heavy atom. The molecule has 3 aromatic carbocycles. The van der Waals surface area contributed by atoms with Gasteiger partial charge in [-0.1, -0.05) is 65.7 Å². The Bertz CT molecular complexity index is 1080. The van der Waals surface area contributed by atoms with Crippen LogP contribution in [0.5, 0.6) is 11.5 Å². The predicted molar refractivity (Wildman–Crippen MR) is 129 cm³/mol. The van der Waals surface area contributed by atoms with Crippen LogP contribution in [0.4, 0.5) is 0 Å². The lowest BCUT2D eigenvalue weighted by molar-refractivity contribution is -0.122. The van der Waals surface area contributed by atoms with Crippen LogP contribution in [0.25, 0.3) is 0 Å². The molecule has 0 heterocycles. The van der Waals surface area contributed by atoms with E-state index in [9.17, 15) is 9.59 Å². The summed E-state index contributed by atoms with van der Waals surface area (Å²) in [5.74, 6) is 0.159. The van der Waals surface area contributed by atoms with Crippen LogP contribution in [0.15, 0.2) is 72.8 Å². The second kappa shape index (κ2) is 12.7. The fourth-order valence-electron chi connectivity index (χ4n) is 2.97. The molecule has 6 nitrogen and oxygen atoms in total. The Morgan fingerprint density at radius 1 is 0.788 bits per heavy atom. The zero-order chi connectivity index (χ0) is 23.5. The van der Waals surface area contributed by atoms with Crippen molar-refractivity contribution in [3.63, 3.8) is 0 Å². The van der Waals surface area contributed by atoms with Gasteiger partial charge >= 0.3 is 0 Å². The van der Waals surface area contributed by atoms with E-state index in [4.69, 9.17) is 32.7 Å². The minimum atomic E-state index is -0.456. The van der Waals surface area contributed by atoms with E-state index >= 15 is 0 Å². The second-order valence-electron chi connectivity index (χ2n) is 7.11. The molecular weight excluding hydrogens is 463 g/mol. The molecule has 0 fully saturated rings.